The average Bonchev–Trinajstić information content (AvgIpc) is 2.41. The third-order valence-electron chi connectivity index (χ3n) is 2.49. The van der Waals surface area contributed by atoms with E-state index in [4.69, 9.17) is 5.11 Å². The first-order valence-corrected chi connectivity index (χ1v) is 5.54. The van der Waals surface area contributed by atoms with Gasteiger partial charge < -0.3 is 10.4 Å². The highest BCUT2D eigenvalue weighted by atomic mass is 19.2. The minimum absolute atomic E-state index is 0.193. The van der Waals surface area contributed by atoms with Crippen LogP contribution in [0.4, 0.5) is 19.0 Å². The number of benzene rings is 1. The lowest BCUT2D eigenvalue weighted by Gasteiger charge is -2.08. The molecule has 0 spiro atoms. The summed E-state index contributed by atoms with van der Waals surface area (Å²) in [6.45, 7) is 0. The van der Waals surface area contributed by atoms with E-state index in [0.29, 0.717) is 12.1 Å². The van der Waals surface area contributed by atoms with Crippen LogP contribution in [0, 0.1) is 17.6 Å². The third-order valence-corrected chi connectivity index (χ3v) is 2.49. The first-order valence-electron chi connectivity index (χ1n) is 5.54. The predicted octanol–water partition coefficient (Wildman–Crippen LogP) is 2.45. The molecule has 0 atom stereocenters. The highest BCUT2D eigenvalue weighted by Gasteiger charge is 2.20. The van der Waals surface area contributed by atoms with Gasteiger partial charge in [0.2, 0.25) is 5.95 Å². The minimum atomic E-state index is -1.61. The lowest BCUT2D eigenvalue weighted by atomic mass is 10.1. The highest BCUT2D eigenvalue weighted by Crippen LogP contribution is 2.17. The molecule has 1 aromatic heterocycles. The number of hydrogen-bond donors (Lipinski definition) is 2. The van der Waals surface area contributed by atoms with E-state index in [0.717, 1.165) is 6.07 Å². The lowest BCUT2D eigenvalue weighted by molar-refractivity contribution is 0.0691. The molecule has 0 aliphatic carbocycles. The summed E-state index contributed by atoms with van der Waals surface area (Å²) in [6.07, 6.45) is 0. The largest absolute Gasteiger partial charge is 0.478 e. The Morgan fingerprint density at radius 1 is 1.05 bits per heavy atom. The van der Waals surface area contributed by atoms with Crippen LogP contribution in [0.1, 0.15) is 20.7 Å². The molecule has 0 aliphatic rings. The SMILES string of the molecule is O=C(O)c1cc(F)c(F)cc1C(=O)Nc1cccc(F)n1. The van der Waals surface area contributed by atoms with Gasteiger partial charge >= 0.3 is 5.97 Å². The Labute approximate surface area is 116 Å². The van der Waals surface area contributed by atoms with Gasteiger partial charge in [-0.15, -0.1) is 0 Å². The van der Waals surface area contributed by atoms with Crippen molar-refractivity contribution < 1.29 is 27.9 Å². The molecule has 0 unspecified atom stereocenters. The molecule has 5 nitrogen and oxygen atoms in total. The summed E-state index contributed by atoms with van der Waals surface area (Å²) in [6, 6.07) is 4.40. The summed E-state index contributed by atoms with van der Waals surface area (Å²) in [5.74, 6) is -6.49. The zero-order valence-corrected chi connectivity index (χ0v) is 10.2. The van der Waals surface area contributed by atoms with E-state index in [2.05, 4.69) is 10.3 Å². The van der Waals surface area contributed by atoms with E-state index in [-0.39, 0.29) is 5.82 Å². The molecule has 2 rings (SSSR count). The van der Waals surface area contributed by atoms with Crippen LogP contribution < -0.4 is 5.32 Å². The maximum absolute atomic E-state index is 13.2. The molecule has 1 amide bonds. The number of pyridine rings is 1. The zero-order chi connectivity index (χ0) is 15.6. The first kappa shape index (κ1) is 14.5. The lowest BCUT2D eigenvalue weighted by Crippen LogP contribution is -2.18. The molecule has 8 heteroatoms. The molecular formula is C13H7F3N2O3. The van der Waals surface area contributed by atoms with Gasteiger partial charge in [-0.25, -0.2) is 18.6 Å². The minimum Gasteiger partial charge on any atom is -0.478 e. The number of nitrogens with one attached hydrogen (secondary N) is 1. The number of carboxylic acids is 1. The molecule has 0 radical (unpaired) electrons. The Kier molecular flexibility index (Phi) is 3.88. The van der Waals surface area contributed by atoms with Crippen molar-refractivity contribution in [3.05, 3.63) is 59.0 Å². The van der Waals surface area contributed by atoms with Crippen molar-refractivity contribution in [1.29, 1.82) is 0 Å². The number of nitrogens with zero attached hydrogens (tertiary/aromatic N) is 1. The fourth-order valence-electron chi connectivity index (χ4n) is 1.57. The number of halogens is 3. The van der Waals surface area contributed by atoms with Crippen LogP contribution in [0.15, 0.2) is 30.3 Å². The van der Waals surface area contributed by atoms with Gasteiger partial charge in [-0.05, 0) is 24.3 Å². The molecule has 1 aromatic carbocycles. The Hall–Kier alpha value is -2.90. The first-order chi connectivity index (χ1) is 9.88. The molecular weight excluding hydrogens is 289 g/mol. The second-order valence-electron chi connectivity index (χ2n) is 3.92. The van der Waals surface area contributed by atoms with Crippen LogP contribution >= 0.6 is 0 Å². The van der Waals surface area contributed by atoms with Gasteiger partial charge in [-0.3, -0.25) is 4.79 Å². The van der Waals surface area contributed by atoms with Gasteiger partial charge in [0.25, 0.3) is 5.91 Å². The molecule has 21 heavy (non-hydrogen) atoms. The van der Waals surface area contributed by atoms with E-state index < -0.39 is 40.6 Å². The van der Waals surface area contributed by atoms with E-state index in [1.807, 2.05) is 0 Å². The normalized spacial score (nSPS) is 10.2. The number of amides is 1. The molecule has 0 aliphatic heterocycles. The van der Waals surface area contributed by atoms with Crippen molar-refractivity contribution in [1.82, 2.24) is 4.98 Å². The summed E-state index contributed by atoms with van der Waals surface area (Å²) in [7, 11) is 0. The number of carboxylic acid groups (broad SMARTS) is 1. The molecule has 2 N–H and O–H groups in total. The Balaban J connectivity index is 2.39. The second-order valence-corrected chi connectivity index (χ2v) is 3.92. The predicted molar refractivity (Wildman–Crippen MR) is 65.5 cm³/mol. The maximum atomic E-state index is 13.2. The fraction of sp³-hybridized carbons (Fsp3) is 0. The van der Waals surface area contributed by atoms with Gasteiger partial charge in [0.1, 0.15) is 5.82 Å². The van der Waals surface area contributed by atoms with E-state index in [9.17, 15) is 22.8 Å². The van der Waals surface area contributed by atoms with Crippen molar-refractivity contribution in [2.75, 3.05) is 5.32 Å². The Morgan fingerprint density at radius 2 is 1.67 bits per heavy atom. The van der Waals surface area contributed by atoms with E-state index in [1.54, 1.807) is 0 Å². The van der Waals surface area contributed by atoms with Crippen LogP contribution in [0.25, 0.3) is 0 Å². The van der Waals surface area contributed by atoms with E-state index >= 15 is 0 Å². The molecule has 0 saturated carbocycles. The van der Waals surface area contributed by atoms with Gasteiger partial charge in [0, 0.05) is 0 Å². The number of carbonyl (C=O) groups is 2. The smallest absolute Gasteiger partial charge is 0.336 e. The van der Waals surface area contributed by atoms with Crippen LogP contribution in [0.5, 0.6) is 0 Å². The summed E-state index contributed by atoms with van der Waals surface area (Å²) in [5, 5.41) is 11.0. The number of carbonyl (C=O) groups excluding carboxylic acids is 1. The summed E-state index contributed by atoms with van der Waals surface area (Å²) in [5.41, 5.74) is -1.32. The van der Waals surface area contributed by atoms with Crippen molar-refractivity contribution in [3.63, 3.8) is 0 Å². The standard InChI is InChI=1S/C13H7F3N2O3/c14-8-4-6(7(13(20)21)5-9(8)15)12(19)18-11-3-1-2-10(16)17-11/h1-5H,(H,20,21)(H,17,18,19). The number of rotatable bonds is 3. The number of anilines is 1. The average molecular weight is 296 g/mol. The summed E-state index contributed by atoms with van der Waals surface area (Å²) >= 11 is 0. The fourth-order valence-corrected chi connectivity index (χ4v) is 1.57. The van der Waals surface area contributed by atoms with Gasteiger partial charge in [0.05, 0.1) is 11.1 Å². The summed E-state index contributed by atoms with van der Waals surface area (Å²) in [4.78, 5) is 26.2. The zero-order valence-electron chi connectivity index (χ0n) is 10.2. The maximum Gasteiger partial charge on any atom is 0.336 e. The van der Waals surface area contributed by atoms with Gasteiger partial charge in [-0.2, -0.15) is 4.39 Å². The highest BCUT2D eigenvalue weighted by molar-refractivity contribution is 6.10. The van der Waals surface area contributed by atoms with Crippen LogP contribution in [0.3, 0.4) is 0 Å². The van der Waals surface area contributed by atoms with E-state index in [1.165, 1.54) is 12.1 Å². The molecule has 108 valence electrons. The van der Waals surface area contributed by atoms with Gasteiger partial charge in [-0.1, -0.05) is 6.07 Å². The van der Waals surface area contributed by atoms with Crippen molar-refractivity contribution in [3.8, 4) is 0 Å². The van der Waals surface area contributed by atoms with Crippen molar-refractivity contribution in [2.45, 2.75) is 0 Å². The Morgan fingerprint density at radius 3 is 2.24 bits per heavy atom. The number of aromatic carboxylic acids is 1. The van der Waals surface area contributed by atoms with Crippen LogP contribution in [-0.4, -0.2) is 22.0 Å². The molecule has 2 aromatic rings. The Bertz CT molecular complexity index is 735. The van der Waals surface area contributed by atoms with Gasteiger partial charge in [0.15, 0.2) is 11.6 Å². The molecule has 1 heterocycles. The van der Waals surface area contributed by atoms with Crippen molar-refractivity contribution in [2.24, 2.45) is 0 Å². The quantitative estimate of drug-likeness (QED) is 0.853. The number of aromatic nitrogens is 1. The monoisotopic (exact) mass is 296 g/mol. The number of hydrogen-bond acceptors (Lipinski definition) is 3. The van der Waals surface area contributed by atoms with Crippen molar-refractivity contribution >= 4 is 17.7 Å². The molecule has 0 saturated heterocycles. The molecule has 0 fully saturated rings. The topological polar surface area (TPSA) is 79.3 Å². The third kappa shape index (κ3) is 3.16. The summed E-state index contributed by atoms with van der Waals surface area (Å²) < 4.78 is 39.1. The van der Waals surface area contributed by atoms with Crippen LogP contribution in [0.2, 0.25) is 0 Å². The van der Waals surface area contributed by atoms with Crippen LogP contribution in [-0.2, 0) is 0 Å². The molecule has 0 bridgehead atoms. The second kappa shape index (κ2) is 5.61.